The maximum atomic E-state index is 10.2. The molecule has 0 atom stereocenters. The van der Waals surface area contributed by atoms with E-state index < -0.39 is 7.12 Å². The van der Waals surface area contributed by atoms with Gasteiger partial charge >= 0.3 is 7.12 Å². The summed E-state index contributed by atoms with van der Waals surface area (Å²) in [7, 11) is -1.56. The molecule has 0 unspecified atom stereocenters. The first-order valence-corrected chi connectivity index (χ1v) is 16.6. The summed E-state index contributed by atoms with van der Waals surface area (Å²) in [5, 5.41) is 29.3. The Balaban J connectivity index is 1.25. The Bertz CT molecular complexity index is 2920. The van der Waals surface area contributed by atoms with Crippen molar-refractivity contribution in [1.82, 2.24) is 9.13 Å². The first-order chi connectivity index (χ1) is 24.2. The number of nitrogens with zero attached hydrogens (tertiary/aromatic N) is 2. The average Bonchev–Trinajstić information content (AvgIpc) is 3.67. The van der Waals surface area contributed by atoms with Crippen LogP contribution >= 0.6 is 0 Å². The van der Waals surface area contributed by atoms with Gasteiger partial charge in [0.1, 0.15) is 0 Å². The van der Waals surface area contributed by atoms with Gasteiger partial charge in [0.2, 0.25) is 0 Å². The molecular weight excluding hydrogens is 599 g/mol. The Morgan fingerprint density at radius 2 is 0.980 bits per heavy atom. The van der Waals surface area contributed by atoms with Gasteiger partial charge in [-0.3, -0.25) is 0 Å². The molecule has 230 valence electrons. The highest BCUT2D eigenvalue weighted by Gasteiger charge is 2.21. The Labute approximate surface area is 282 Å². The third-order valence-electron chi connectivity index (χ3n) is 10.1. The second-order valence-electron chi connectivity index (χ2n) is 12.8. The van der Waals surface area contributed by atoms with Gasteiger partial charge in [-0.2, -0.15) is 0 Å². The van der Waals surface area contributed by atoms with E-state index in [4.69, 9.17) is 0 Å². The highest BCUT2D eigenvalue weighted by Crippen LogP contribution is 2.41. The monoisotopic (exact) mass is 628 g/mol. The SMILES string of the molecule is OB(O)c1ccc(-n2c3ccc(-c4ccc5c(c4)c4ccccc4n5-c4ccccc4)cc3c3ccc4ccccc4c32)c2ccccc12. The van der Waals surface area contributed by atoms with Crippen LogP contribution in [0.15, 0.2) is 164 Å². The molecule has 0 spiro atoms. The molecule has 10 rings (SSSR count). The highest BCUT2D eigenvalue weighted by atomic mass is 16.4. The summed E-state index contributed by atoms with van der Waals surface area (Å²) in [6.07, 6.45) is 0. The topological polar surface area (TPSA) is 50.3 Å². The molecule has 49 heavy (non-hydrogen) atoms. The van der Waals surface area contributed by atoms with E-state index in [-0.39, 0.29) is 0 Å². The van der Waals surface area contributed by atoms with E-state index >= 15 is 0 Å². The van der Waals surface area contributed by atoms with Crippen molar-refractivity contribution in [2.45, 2.75) is 0 Å². The largest absolute Gasteiger partial charge is 0.489 e. The molecule has 5 heteroatoms. The minimum atomic E-state index is -1.56. The highest BCUT2D eigenvalue weighted by molar-refractivity contribution is 6.62. The number of fused-ring (bicyclic) bond motifs is 9. The van der Waals surface area contributed by atoms with Crippen molar-refractivity contribution in [3.8, 4) is 22.5 Å². The second kappa shape index (κ2) is 10.7. The minimum Gasteiger partial charge on any atom is -0.423 e. The van der Waals surface area contributed by atoms with Crippen LogP contribution in [0, 0.1) is 0 Å². The molecule has 0 aliphatic rings. The zero-order valence-electron chi connectivity index (χ0n) is 26.5. The Kier molecular flexibility index (Phi) is 6.09. The molecule has 10 aromatic rings. The minimum absolute atomic E-state index is 0.497. The number of hydrogen-bond donors (Lipinski definition) is 2. The van der Waals surface area contributed by atoms with E-state index in [0.29, 0.717) is 5.46 Å². The third-order valence-corrected chi connectivity index (χ3v) is 10.1. The quantitative estimate of drug-likeness (QED) is 0.191. The van der Waals surface area contributed by atoms with Gasteiger partial charge in [0.25, 0.3) is 0 Å². The van der Waals surface area contributed by atoms with Gasteiger partial charge < -0.3 is 19.2 Å². The molecule has 0 radical (unpaired) electrons. The Morgan fingerprint density at radius 1 is 0.388 bits per heavy atom. The van der Waals surface area contributed by atoms with Gasteiger partial charge in [-0.15, -0.1) is 0 Å². The first-order valence-electron chi connectivity index (χ1n) is 16.6. The van der Waals surface area contributed by atoms with Gasteiger partial charge in [-0.05, 0) is 75.9 Å². The van der Waals surface area contributed by atoms with Crippen molar-refractivity contribution < 1.29 is 10.0 Å². The number of aromatic nitrogens is 2. The standard InChI is InChI=1S/C44H29BN2O2/c48-45(49)39-22-25-41(34-15-7-6-14-33(34)39)47-43-24-20-30(27-38(43)36-21-18-28-10-4-5-13-32(28)44(36)47)29-19-23-42-37(26-29)35-16-8-9-17-40(35)46(42)31-11-2-1-3-12-31/h1-27,48-49H. The molecule has 0 fully saturated rings. The molecule has 0 aliphatic carbocycles. The van der Waals surface area contributed by atoms with Crippen LogP contribution < -0.4 is 5.46 Å². The molecule has 2 heterocycles. The van der Waals surface area contributed by atoms with Crippen molar-refractivity contribution in [1.29, 1.82) is 0 Å². The van der Waals surface area contributed by atoms with Crippen molar-refractivity contribution in [3.05, 3.63) is 164 Å². The van der Waals surface area contributed by atoms with E-state index in [1.54, 1.807) is 0 Å². The van der Waals surface area contributed by atoms with Crippen LogP contribution in [0.3, 0.4) is 0 Å². The van der Waals surface area contributed by atoms with Gasteiger partial charge in [0.05, 0.1) is 27.8 Å². The fraction of sp³-hybridized carbons (Fsp3) is 0. The molecule has 2 N–H and O–H groups in total. The van der Waals surface area contributed by atoms with Crippen molar-refractivity contribution >= 4 is 77.7 Å². The van der Waals surface area contributed by atoms with Crippen molar-refractivity contribution in [2.24, 2.45) is 0 Å². The predicted octanol–water partition coefficient (Wildman–Crippen LogP) is 9.53. The molecule has 0 aliphatic heterocycles. The van der Waals surface area contributed by atoms with E-state index in [0.717, 1.165) is 38.7 Å². The maximum absolute atomic E-state index is 10.2. The summed E-state index contributed by atoms with van der Waals surface area (Å²) < 4.78 is 4.70. The van der Waals surface area contributed by atoms with Gasteiger partial charge in [-0.1, -0.05) is 115 Å². The van der Waals surface area contributed by atoms with Crippen LogP contribution in [0.2, 0.25) is 0 Å². The van der Waals surface area contributed by atoms with Crippen LogP contribution in [0.25, 0.3) is 87.7 Å². The van der Waals surface area contributed by atoms with Crippen LogP contribution in [-0.2, 0) is 0 Å². The normalized spacial score (nSPS) is 11.9. The summed E-state index contributed by atoms with van der Waals surface area (Å²) in [4.78, 5) is 0. The fourth-order valence-corrected chi connectivity index (χ4v) is 7.94. The predicted molar refractivity (Wildman–Crippen MR) is 205 cm³/mol. The lowest BCUT2D eigenvalue weighted by Gasteiger charge is -2.15. The third kappa shape index (κ3) is 4.13. The lowest BCUT2D eigenvalue weighted by Crippen LogP contribution is -2.30. The number of rotatable bonds is 4. The summed E-state index contributed by atoms with van der Waals surface area (Å²) in [5.74, 6) is 0. The lowest BCUT2D eigenvalue weighted by molar-refractivity contribution is 0.426. The summed E-state index contributed by atoms with van der Waals surface area (Å²) in [6, 6.07) is 57.6. The average molecular weight is 629 g/mol. The molecule has 0 amide bonds. The smallest absolute Gasteiger partial charge is 0.423 e. The first kappa shape index (κ1) is 27.9. The molecule has 0 saturated carbocycles. The van der Waals surface area contributed by atoms with Crippen LogP contribution in [0.1, 0.15) is 0 Å². The zero-order chi connectivity index (χ0) is 32.6. The van der Waals surface area contributed by atoms with Gasteiger partial charge in [0, 0.05) is 38.0 Å². The van der Waals surface area contributed by atoms with E-state index in [1.165, 1.54) is 48.9 Å². The van der Waals surface area contributed by atoms with Gasteiger partial charge in [-0.25, -0.2) is 0 Å². The summed E-state index contributed by atoms with van der Waals surface area (Å²) in [5.41, 5.74) is 9.57. The zero-order valence-corrected chi connectivity index (χ0v) is 26.5. The van der Waals surface area contributed by atoms with Gasteiger partial charge in [0.15, 0.2) is 0 Å². The van der Waals surface area contributed by atoms with Crippen LogP contribution in [-0.4, -0.2) is 26.3 Å². The number of hydrogen-bond acceptors (Lipinski definition) is 2. The molecular formula is C44H29BN2O2. The van der Waals surface area contributed by atoms with Crippen molar-refractivity contribution in [2.75, 3.05) is 0 Å². The molecule has 4 nitrogen and oxygen atoms in total. The Morgan fingerprint density at radius 3 is 1.73 bits per heavy atom. The van der Waals surface area contributed by atoms with E-state index in [9.17, 15) is 10.0 Å². The second-order valence-corrected chi connectivity index (χ2v) is 12.8. The molecule has 8 aromatic carbocycles. The summed E-state index contributed by atoms with van der Waals surface area (Å²) >= 11 is 0. The number of benzene rings is 8. The van der Waals surface area contributed by atoms with Crippen LogP contribution in [0.4, 0.5) is 0 Å². The number of para-hydroxylation sites is 2. The Hall–Kier alpha value is -6.14. The van der Waals surface area contributed by atoms with Crippen LogP contribution in [0.5, 0.6) is 0 Å². The van der Waals surface area contributed by atoms with E-state index in [1.807, 2.05) is 30.3 Å². The molecule has 0 bridgehead atoms. The van der Waals surface area contributed by atoms with Crippen molar-refractivity contribution in [3.63, 3.8) is 0 Å². The molecule has 0 saturated heterocycles. The fourth-order valence-electron chi connectivity index (χ4n) is 7.94. The summed E-state index contributed by atoms with van der Waals surface area (Å²) in [6.45, 7) is 0. The molecule has 2 aromatic heterocycles. The van der Waals surface area contributed by atoms with E-state index in [2.05, 4.69) is 143 Å². The maximum Gasteiger partial charge on any atom is 0.489 e. The lowest BCUT2D eigenvalue weighted by atomic mass is 9.77.